The molecule has 11 heteroatoms. The van der Waals surface area contributed by atoms with Crippen molar-refractivity contribution in [3.63, 3.8) is 0 Å². The Morgan fingerprint density at radius 3 is 2.25 bits per heavy atom. The first kappa shape index (κ1) is 29.3. The molecule has 0 bridgehead atoms. The van der Waals surface area contributed by atoms with E-state index in [1.807, 2.05) is 11.0 Å². The summed E-state index contributed by atoms with van der Waals surface area (Å²) in [5.74, 6) is -1.63. The van der Waals surface area contributed by atoms with E-state index in [0.717, 1.165) is 57.7 Å². The minimum Gasteiger partial charge on any atom is -0.487 e. The summed E-state index contributed by atoms with van der Waals surface area (Å²) < 4.78 is 38.0. The van der Waals surface area contributed by atoms with E-state index in [2.05, 4.69) is 41.9 Å². The molecule has 0 atom stereocenters. The number of aromatic nitrogens is 1. The number of carboxylic acid groups (broad SMARTS) is 1. The van der Waals surface area contributed by atoms with Gasteiger partial charge in [0.2, 0.25) is 0 Å². The highest BCUT2D eigenvalue weighted by molar-refractivity contribution is 5.94. The van der Waals surface area contributed by atoms with E-state index < -0.39 is 12.1 Å². The Balaban J connectivity index is 0.000000470. The average Bonchev–Trinajstić information content (AvgIpc) is 3.25. The number of likely N-dealkylation sites (tertiary alicyclic amines) is 2. The van der Waals surface area contributed by atoms with E-state index in [9.17, 15) is 18.0 Å². The number of pyridine rings is 1. The average molecular weight is 559 g/mol. The molecule has 1 aromatic carbocycles. The van der Waals surface area contributed by atoms with Crippen LogP contribution < -0.4 is 4.74 Å². The zero-order valence-corrected chi connectivity index (χ0v) is 22.6. The van der Waals surface area contributed by atoms with Crippen molar-refractivity contribution in [1.82, 2.24) is 14.8 Å². The van der Waals surface area contributed by atoms with Crippen LogP contribution in [0.1, 0.15) is 66.7 Å². The van der Waals surface area contributed by atoms with Gasteiger partial charge in [-0.25, -0.2) is 9.78 Å². The summed E-state index contributed by atoms with van der Waals surface area (Å²) in [6.45, 7) is 9.07. The van der Waals surface area contributed by atoms with Crippen molar-refractivity contribution in [2.45, 2.75) is 64.3 Å². The molecule has 2 aromatic rings. The number of alkyl halides is 3. The Labute approximate surface area is 231 Å². The van der Waals surface area contributed by atoms with E-state index in [1.54, 1.807) is 12.1 Å². The molecule has 0 unspecified atom stereocenters. The predicted octanol–water partition coefficient (Wildman–Crippen LogP) is 4.82. The molecular weight excluding hydrogens is 525 g/mol. The summed E-state index contributed by atoms with van der Waals surface area (Å²) in [4.78, 5) is 30.3. The third-order valence-electron chi connectivity index (χ3n) is 7.96. The second-order valence-corrected chi connectivity index (χ2v) is 11.4. The second kappa shape index (κ2) is 11.5. The van der Waals surface area contributed by atoms with Gasteiger partial charge in [0.1, 0.15) is 23.1 Å². The Kier molecular flexibility index (Phi) is 8.40. The van der Waals surface area contributed by atoms with Crippen LogP contribution in [0.3, 0.4) is 0 Å². The smallest absolute Gasteiger partial charge is 0.487 e. The molecular formula is C29H33F3N4O4. The number of amides is 1. The van der Waals surface area contributed by atoms with Gasteiger partial charge in [-0.2, -0.15) is 18.4 Å². The summed E-state index contributed by atoms with van der Waals surface area (Å²) in [7, 11) is 0. The quantitative estimate of drug-likeness (QED) is 0.576. The molecule has 1 spiro atoms. The van der Waals surface area contributed by atoms with E-state index in [0.29, 0.717) is 16.7 Å². The van der Waals surface area contributed by atoms with Crippen LogP contribution in [0.4, 0.5) is 13.2 Å². The van der Waals surface area contributed by atoms with Crippen LogP contribution in [0.2, 0.25) is 0 Å². The highest BCUT2D eigenvalue weighted by Crippen LogP contribution is 2.43. The fraction of sp³-hybridized carbons (Fsp3) is 0.517. The number of para-hydroxylation sites is 1. The number of nitriles is 1. The molecule has 0 saturated carbocycles. The second-order valence-electron chi connectivity index (χ2n) is 11.4. The maximum atomic E-state index is 12.8. The molecule has 2 fully saturated rings. The van der Waals surface area contributed by atoms with Crippen molar-refractivity contribution >= 4 is 11.9 Å². The number of aliphatic carboxylic acids is 1. The van der Waals surface area contributed by atoms with E-state index in [-0.39, 0.29) is 11.5 Å². The van der Waals surface area contributed by atoms with Crippen LogP contribution in [0, 0.1) is 16.7 Å². The molecule has 8 nitrogen and oxygen atoms in total. The van der Waals surface area contributed by atoms with Crippen molar-refractivity contribution in [3.05, 3.63) is 58.9 Å². The summed E-state index contributed by atoms with van der Waals surface area (Å²) in [6, 6.07) is 11.9. The van der Waals surface area contributed by atoms with Crippen molar-refractivity contribution < 1.29 is 32.6 Å². The topological polar surface area (TPSA) is 107 Å². The highest BCUT2D eigenvalue weighted by atomic mass is 19.4. The molecule has 214 valence electrons. The molecule has 3 aliphatic rings. The van der Waals surface area contributed by atoms with Crippen LogP contribution in [0.5, 0.6) is 5.75 Å². The summed E-state index contributed by atoms with van der Waals surface area (Å²) in [5.41, 5.74) is 3.80. The van der Waals surface area contributed by atoms with Gasteiger partial charge in [0, 0.05) is 37.8 Å². The Morgan fingerprint density at radius 2 is 1.70 bits per heavy atom. The number of rotatable bonds is 3. The fourth-order valence-electron chi connectivity index (χ4n) is 5.68. The van der Waals surface area contributed by atoms with Crippen LogP contribution >= 0.6 is 0 Å². The van der Waals surface area contributed by atoms with Crippen molar-refractivity contribution in [2.75, 3.05) is 26.2 Å². The minimum absolute atomic E-state index is 0.0279. The fourth-order valence-corrected chi connectivity index (χ4v) is 5.68. The largest absolute Gasteiger partial charge is 0.490 e. The highest BCUT2D eigenvalue weighted by Gasteiger charge is 2.40. The van der Waals surface area contributed by atoms with Crippen LogP contribution in [-0.2, 0) is 17.8 Å². The van der Waals surface area contributed by atoms with Gasteiger partial charge >= 0.3 is 12.1 Å². The lowest BCUT2D eigenvalue weighted by atomic mass is 9.71. The maximum absolute atomic E-state index is 12.8. The summed E-state index contributed by atoms with van der Waals surface area (Å²) in [5, 5.41) is 16.0. The summed E-state index contributed by atoms with van der Waals surface area (Å²) in [6.07, 6.45) is 1.92. The molecule has 1 aromatic heterocycles. The van der Waals surface area contributed by atoms with E-state index in [1.165, 1.54) is 30.2 Å². The van der Waals surface area contributed by atoms with Crippen molar-refractivity contribution in [1.29, 1.82) is 5.26 Å². The third kappa shape index (κ3) is 6.91. The number of nitrogens with zero attached hydrogens (tertiary/aromatic N) is 4. The van der Waals surface area contributed by atoms with E-state index in [4.69, 9.17) is 19.9 Å². The number of benzene rings is 1. The SMILES string of the molecule is CC1(C)Cc2cccc(CN3CCC4(CC3)CCN(C(=O)c3ccc(C#N)nc3)CC4)c2O1.O=C(O)C(F)(F)F. The van der Waals surface area contributed by atoms with Gasteiger partial charge in [-0.1, -0.05) is 18.2 Å². The lowest BCUT2D eigenvalue weighted by Gasteiger charge is -2.47. The minimum atomic E-state index is -5.08. The lowest BCUT2D eigenvalue weighted by molar-refractivity contribution is -0.192. The number of ether oxygens (including phenoxy) is 1. The zero-order chi connectivity index (χ0) is 29.1. The maximum Gasteiger partial charge on any atom is 0.490 e. The number of carboxylic acids is 1. The monoisotopic (exact) mass is 558 g/mol. The molecule has 0 radical (unpaired) electrons. The van der Waals surface area contributed by atoms with Crippen molar-refractivity contribution in [3.8, 4) is 11.8 Å². The molecule has 4 heterocycles. The van der Waals surface area contributed by atoms with E-state index >= 15 is 0 Å². The first-order valence-electron chi connectivity index (χ1n) is 13.3. The first-order valence-corrected chi connectivity index (χ1v) is 13.3. The number of hydrogen-bond acceptors (Lipinski definition) is 6. The molecule has 5 rings (SSSR count). The molecule has 2 saturated heterocycles. The Bertz CT molecular complexity index is 1270. The van der Waals surface area contributed by atoms with Crippen LogP contribution in [0.25, 0.3) is 0 Å². The molecule has 0 aliphatic carbocycles. The number of halogens is 3. The predicted molar refractivity (Wildman–Crippen MR) is 140 cm³/mol. The van der Waals surface area contributed by atoms with Gasteiger partial charge in [-0.05, 0) is 75.7 Å². The molecule has 3 aliphatic heterocycles. The van der Waals surface area contributed by atoms with Gasteiger partial charge in [0.15, 0.2) is 0 Å². The number of carbonyl (C=O) groups is 2. The number of fused-ring (bicyclic) bond motifs is 1. The number of piperidine rings is 2. The van der Waals surface area contributed by atoms with Gasteiger partial charge in [0.25, 0.3) is 5.91 Å². The normalized spacial score (nSPS) is 19.6. The molecule has 1 amide bonds. The van der Waals surface area contributed by atoms with Gasteiger partial charge in [-0.15, -0.1) is 0 Å². The van der Waals surface area contributed by atoms with Crippen molar-refractivity contribution in [2.24, 2.45) is 5.41 Å². The van der Waals surface area contributed by atoms with Gasteiger partial charge < -0.3 is 14.7 Å². The third-order valence-corrected chi connectivity index (χ3v) is 7.96. The van der Waals surface area contributed by atoms with Crippen LogP contribution in [-0.4, -0.2) is 69.7 Å². The first-order chi connectivity index (χ1) is 18.8. The molecule has 40 heavy (non-hydrogen) atoms. The van der Waals surface area contributed by atoms with Crippen LogP contribution in [0.15, 0.2) is 36.5 Å². The lowest BCUT2D eigenvalue weighted by Crippen LogP contribution is -2.48. The van der Waals surface area contributed by atoms with Gasteiger partial charge in [-0.3, -0.25) is 9.69 Å². The zero-order valence-electron chi connectivity index (χ0n) is 22.6. The Hall–Kier alpha value is -3.65. The number of hydrogen-bond donors (Lipinski definition) is 1. The number of carbonyl (C=O) groups excluding carboxylic acids is 1. The standard InChI is InChI=1S/C27H32N4O2.C2HF3O2/c1-26(2)16-20-4-3-5-22(24(20)33-26)19-30-12-8-27(9-13-30)10-14-31(15-11-27)25(32)21-6-7-23(17-28)29-18-21;3-2(4,5)1(6)7/h3-7,18H,8-16,19H2,1-2H3;(H,6,7). The summed E-state index contributed by atoms with van der Waals surface area (Å²) >= 11 is 0. The van der Waals surface area contributed by atoms with Gasteiger partial charge in [0.05, 0.1) is 5.56 Å². The Morgan fingerprint density at radius 1 is 1.07 bits per heavy atom. The molecule has 1 N–H and O–H groups in total.